The minimum absolute atomic E-state index is 0.171. The molecule has 0 aliphatic carbocycles. The number of ether oxygens (including phenoxy) is 1. The summed E-state index contributed by atoms with van der Waals surface area (Å²) in [6.45, 7) is 4.85. The minimum atomic E-state index is -0.779. The molecule has 8 nitrogen and oxygen atoms in total. The highest BCUT2D eigenvalue weighted by molar-refractivity contribution is 5.96. The summed E-state index contributed by atoms with van der Waals surface area (Å²) in [6.07, 6.45) is -0.737. The molecule has 1 unspecified atom stereocenters. The molecule has 0 aromatic heterocycles. The zero-order valence-corrected chi connectivity index (χ0v) is 12.0. The van der Waals surface area contributed by atoms with Crippen LogP contribution in [0.5, 0.6) is 5.75 Å². The first-order valence-electron chi connectivity index (χ1n) is 6.42. The van der Waals surface area contributed by atoms with Crippen molar-refractivity contribution in [3.63, 3.8) is 0 Å². The summed E-state index contributed by atoms with van der Waals surface area (Å²) in [5, 5.41) is 26.4. The number of hydrogen-bond donors (Lipinski definition) is 3. The summed E-state index contributed by atoms with van der Waals surface area (Å²) in [6, 6.07) is 2.70. The molecule has 1 amide bonds. The Labute approximate surface area is 121 Å². The predicted octanol–water partition coefficient (Wildman–Crippen LogP) is 1.50. The molecule has 2 rings (SSSR count). The summed E-state index contributed by atoms with van der Waals surface area (Å²) in [7, 11) is 0. The van der Waals surface area contributed by atoms with Crippen molar-refractivity contribution in [2.45, 2.75) is 32.4 Å². The lowest BCUT2D eigenvalue weighted by Crippen LogP contribution is -2.42. The van der Waals surface area contributed by atoms with Crippen molar-refractivity contribution in [2.75, 3.05) is 17.2 Å². The van der Waals surface area contributed by atoms with Gasteiger partial charge < -0.3 is 20.5 Å². The number of nitrogens with one attached hydrogen (secondary N) is 2. The van der Waals surface area contributed by atoms with Gasteiger partial charge in [0, 0.05) is 0 Å². The molecule has 0 saturated carbocycles. The van der Waals surface area contributed by atoms with Crippen molar-refractivity contribution in [3.8, 4) is 5.75 Å². The van der Waals surface area contributed by atoms with E-state index in [0.29, 0.717) is 5.69 Å². The van der Waals surface area contributed by atoms with E-state index in [1.54, 1.807) is 20.8 Å². The zero-order chi connectivity index (χ0) is 15.8. The van der Waals surface area contributed by atoms with Gasteiger partial charge in [-0.1, -0.05) is 0 Å². The molecule has 0 bridgehead atoms. The van der Waals surface area contributed by atoms with E-state index in [-0.39, 0.29) is 29.6 Å². The number of aliphatic hydroxyl groups is 1. The fourth-order valence-corrected chi connectivity index (χ4v) is 1.82. The number of benzene rings is 1. The van der Waals surface area contributed by atoms with Crippen LogP contribution in [0.3, 0.4) is 0 Å². The van der Waals surface area contributed by atoms with Gasteiger partial charge in [-0.25, -0.2) is 0 Å². The Balaban J connectivity index is 2.46. The first-order valence-corrected chi connectivity index (χ1v) is 6.42. The summed E-state index contributed by atoms with van der Waals surface area (Å²) < 4.78 is 5.17. The molecule has 0 radical (unpaired) electrons. The van der Waals surface area contributed by atoms with Gasteiger partial charge in [0.1, 0.15) is 5.69 Å². The molecule has 1 aliphatic heterocycles. The minimum Gasteiger partial charge on any atom is -0.481 e. The van der Waals surface area contributed by atoms with Crippen molar-refractivity contribution in [2.24, 2.45) is 0 Å². The smallest absolute Gasteiger partial charge is 0.296 e. The molecule has 1 atom stereocenters. The lowest BCUT2D eigenvalue weighted by atomic mass is 9.98. The number of nitro benzene ring substituents is 1. The van der Waals surface area contributed by atoms with Crippen LogP contribution in [0.25, 0.3) is 0 Å². The highest BCUT2D eigenvalue weighted by Gasteiger charge is 2.29. The van der Waals surface area contributed by atoms with E-state index in [4.69, 9.17) is 4.74 Å². The predicted molar refractivity (Wildman–Crippen MR) is 76.6 cm³/mol. The van der Waals surface area contributed by atoms with E-state index < -0.39 is 16.6 Å². The van der Waals surface area contributed by atoms with Crippen LogP contribution in [-0.2, 0) is 4.79 Å². The van der Waals surface area contributed by atoms with Gasteiger partial charge in [0.05, 0.1) is 28.3 Å². The third kappa shape index (κ3) is 3.05. The van der Waals surface area contributed by atoms with Crippen molar-refractivity contribution in [1.82, 2.24) is 0 Å². The van der Waals surface area contributed by atoms with Crippen LogP contribution in [0.1, 0.15) is 20.8 Å². The largest absolute Gasteiger partial charge is 0.481 e. The summed E-state index contributed by atoms with van der Waals surface area (Å²) in [4.78, 5) is 22.0. The second-order valence-corrected chi connectivity index (χ2v) is 5.48. The van der Waals surface area contributed by atoms with E-state index >= 15 is 0 Å². The zero-order valence-electron chi connectivity index (χ0n) is 12.0. The third-order valence-electron chi connectivity index (χ3n) is 3.43. The number of nitrogens with zero attached hydrogens (tertiary/aromatic N) is 1. The van der Waals surface area contributed by atoms with Crippen LogP contribution in [0.15, 0.2) is 12.1 Å². The third-order valence-corrected chi connectivity index (χ3v) is 3.43. The first kappa shape index (κ1) is 15.0. The van der Waals surface area contributed by atoms with E-state index in [9.17, 15) is 20.0 Å². The molecule has 114 valence electrons. The second-order valence-electron chi connectivity index (χ2n) is 5.48. The van der Waals surface area contributed by atoms with Gasteiger partial charge >= 0.3 is 0 Å². The van der Waals surface area contributed by atoms with Gasteiger partial charge in [-0.05, 0) is 26.8 Å². The van der Waals surface area contributed by atoms with Crippen LogP contribution in [-0.4, -0.2) is 34.2 Å². The van der Waals surface area contributed by atoms with E-state index in [1.165, 1.54) is 12.1 Å². The Morgan fingerprint density at radius 2 is 2.19 bits per heavy atom. The second kappa shape index (κ2) is 5.21. The van der Waals surface area contributed by atoms with Crippen molar-refractivity contribution < 1.29 is 19.6 Å². The SMILES string of the molecule is CC(O)C(C)(C)Nc1cc2c(cc1[N+](=O)[O-])OCC(=O)N2. The van der Waals surface area contributed by atoms with Gasteiger partial charge in [0.2, 0.25) is 0 Å². The Kier molecular flexibility index (Phi) is 3.73. The molecule has 1 aromatic carbocycles. The Morgan fingerprint density at radius 3 is 2.76 bits per heavy atom. The number of amides is 1. The van der Waals surface area contributed by atoms with Crippen molar-refractivity contribution >= 4 is 23.0 Å². The topological polar surface area (TPSA) is 114 Å². The number of rotatable bonds is 4. The first-order chi connectivity index (χ1) is 9.70. The summed E-state index contributed by atoms with van der Waals surface area (Å²) in [5.41, 5.74) is -0.395. The van der Waals surface area contributed by atoms with Crippen LogP contribution in [0, 0.1) is 10.1 Å². The fraction of sp³-hybridized carbons (Fsp3) is 0.462. The Bertz CT molecular complexity index is 598. The standard InChI is InChI=1S/C13H17N3O5/c1-7(17)13(2,3)15-8-4-9-11(5-10(8)16(19)20)21-6-12(18)14-9/h4-5,7,15,17H,6H2,1-3H3,(H,14,18). The molecular weight excluding hydrogens is 278 g/mol. The molecule has 8 heteroatoms. The van der Waals surface area contributed by atoms with Crippen LogP contribution in [0.4, 0.5) is 17.1 Å². The molecule has 0 saturated heterocycles. The van der Waals surface area contributed by atoms with E-state index in [2.05, 4.69) is 10.6 Å². The van der Waals surface area contributed by atoms with Crippen molar-refractivity contribution in [1.29, 1.82) is 0 Å². The van der Waals surface area contributed by atoms with Crippen LogP contribution < -0.4 is 15.4 Å². The molecule has 3 N–H and O–H groups in total. The molecular formula is C13H17N3O5. The van der Waals surface area contributed by atoms with Crippen LogP contribution >= 0.6 is 0 Å². The average molecular weight is 295 g/mol. The quantitative estimate of drug-likeness (QED) is 0.573. The molecule has 21 heavy (non-hydrogen) atoms. The number of carbonyl (C=O) groups is 1. The number of anilines is 2. The Hall–Kier alpha value is -2.35. The van der Waals surface area contributed by atoms with Gasteiger partial charge in [-0.3, -0.25) is 14.9 Å². The molecule has 1 aromatic rings. The number of fused-ring (bicyclic) bond motifs is 1. The number of carbonyl (C=O) groups excluding carboxylic acids is 1. The lowest BCUT2D eigenvalue weighted by molar-refractivity contribution is -0.384. The monoisotopic (exact) mass is 295 g/mol. The highest BCUT2D eigenvalue weighted by Crippen LogP contribution is 2.39. The highest BCUT2D eigenvalue weighted by atomic mass is 16.6. The Morgan fingerprint density at radius 1 is 1.52 bits per heavy atom. The maximum absolute atomic E-state index is 11.3. The van der Waals surface area contributed by atoms with Crippen molar-refractivity contribution in [3.05, 3.63) is 22.2 Å². The molecule has 1 heterocycles. The van der Waals surface area contributed by atoms with Gasteiger partial charge in [0.25, 0.3) is 11.6 Å². The molecule has 0 fully saturated rings. The van der Waals surface area contributed by atoms with Gasteiger partial charge in [-0.15, -0.1) is 0 Å². The maximum Gasteiger partial charge on any atom is 0.296 e. The summed E-state index contributed by atoms with van der Waals surface area (Å²) in [5.74, 6) is -0.0706. The van der Waals surface area contributed by atoms with E-state index in [0.717, 1.165) is 0 Å². The fourth-order valence-electron chi connectivity index (χ4n) is 1.82. The van der Waals surface area contributed by atoms with Gasteiger partial charge in [-0.2, -0.15) is 0 Å². The summed E-state index contributed by atoms with van der Waals surface area (Å²) >= 11 is 0. The van der Waals surface area contributed by atoms with E-state index in [1.807, 2.05) is 0 Å². The lowest BCUT2D eigenvalue weighted by Gasteiger charge is -2.31. The molecule has 0 spiro atoms. The maximum atomic E-state index is 11.3. The number of hydrogen-bond acceptors (Lipinski definition) is 6. The number of aliphatic hydroxyl groups excluding tert-OH is 1. The molecule has 1 aliphatic rings. The van der Waals surface area contributed by atoms with Crippen LogP contribution in [0.2, 0.25) is 0 Å². The average Bonchev–Trinajstić information content (AvgIpc) is 2.36. The number of nitro groups is 1. The van der Waals surface area contributed by atoms with Gasteiger partial charge in [0.15, 0.2) is 12.4 Å². The normalized spacial score (nSPS) is 15.5.